The minimum absolute atomic E-state index is 0.0653. The van der Waals surface area contributed by atoms with Gasteiger partial charge in [-0.15, -0.1) is 0 Å². The maximum atomic E-state index is 13.3. The first-order chi connectivity index (χ1) is 22.5. The zero-order chi connectivity index (χ0) is 33.8. The molecule has 13 heteroatoms. The summed E-state index contributed by atoms with van der Waals surface area (Å²) in [6.07, 6.45) is 1.77. The van der Waals surface area contributed by atoms with Crippen molar-refractivity contribution in [3.05, 3.63) is 66.2 Å². The summed E-state index contributed by atoms with van der Waals surface area (Å²) in [5.74, 6) is -1.62. The monoisotopic (exact) mass is 647 g/mol. The molecule has 5 N–H and O–H groups in total. The number of hydrogen-bond acceptors (Lipinski definition) is 6. The summed E-state index contributed by atoms with van der Waals surface area (Å²) in [6, 6.07) is 16.0. The minimum atomic E-state index is -1.38. The van der Waals surface area contributed by atoms with Crippen LogP contribution in [0.25, 0.3) is 0 Å². The molecule has 3 aliphatic heterocycles. The number of anilines is 1. The fraction of sp³-hybridized carbons (Fsp3) is 0.500. The average molecular weight is 648 g/mol. The predicted molar refractivity (Wildman–Crippen MR) is 175 cm³/mol. The number of benzene rings is 2. The summed E-state index contributed by atoms with van der Waals surface area (Å²) in [5.41, 5.74) is 0.485. The van der Waals surface area contributed by atoms with Crippen LogP contribution in [0.3, 0.4) is 0 Å². The number of likely N-dealkylation sites (tertiary alicyclic amines) is 2. The first-order valence-corrected chi connectivity index (χ1v) is 16.3. The van der Waals surface area contributed by atoms with Crippen LogP contribution < -0.4 is 26.2 Å². The van der Waals surface area contributed by atoms with Crippen molar-refractivity contribution in [1.82, 2.24) is 31.1 Å². The number of amides is 6. The van der Waals surface area contributed by atoms with Gasteiger partial charge in [-0.1, -0.05) is 62.4 Å². The quantitative estimate of drug-likeness (QED) is 0.294. The van der Waals surface area contributed by atoms with E-state index in [-0.39, 0.29) is 17.7 Å². The lowest BCUT2D eigenvalue weighted by molar-refractivity contribution is -0.140. The normalized spacial score (nSPS) is 19.9. The average Bonchev–Trinajstić information content (AvgIpc) is 3.38. The van der Waals surface area contributed by atoms with E-state index in [1.807, 2.05) is 79.4 Å². The molecule has 5 rings (SSSR count). The molecule has 13 nitrogen and oxygen atoms in total. The molecule has 2 aromatic rings. The van der Waals surface area contributed by atoms with Crippen LogP contribution >= 0.6 is 0 Å². The highest BCUT2D eigenvalue weighted by atomic mass is 16.4. The number of aliphatic carboxylic acids is 1. The second-order valence-corrected chi connectivity index (χ2v) is 13.0. The van der Waals surface area contributed by atoms with E-state index in [1.54, 1.807) is 16.7 Å². The highest BCUT2D eigenvalue weighted by molar-refractivity contribution is 5.94. The standard InChI is InChI=1S/C34H45N7O6/c1-23(2)28(42)38-33(25-10-6-4-7-11-25)14-18-39(19-15-33)32(47)37-27(29(43)44)24(3)36-31(46)40-20-16-34(17-21-40)30(45)35-22-41(34)26-12-8-5-9-13-26/h4-13,23-24,27H,14-22H2,1-3H3,(H,35,45)(H,36,46)(H,37,47)(H,38,42)(H,43,44). The number of piperidine rings is 2. The molecule has 2 aromatic carbocycles. The fourth-order valence-electron chi connectivity index (χ4n) is 6.82. The van der Waals surface area contributed by atoms with Crippen LogP contribution in [0.1, 0.15) is 52.0 Å². The Kier molecular flexibility index (Phi) is 9.92. The van der Waals surface area contributed by atoms with Crippen molar-refractivity contribution in [3.8, 4) is 0 Å². The van der Waals surface area contributed by atoms with E-state index in [0.717, 1.165) is 11.3 Å². The summed E-state index contributed by atoms with van der Waals surface area (Å²) >= 11 is 0. The zero-order valence-electron chi connectivity index (χ0n) is 27.2. The number of urea groups is 2. The van der Waals surface area contributed by atoms with Gasteiger partial charge in [0.15, 0.2) is 0 Å². The number of carboxylic acid groups (broad SMARTS) is 1. The molecular weight excluding hydrogens is 602 g/mol. The van der Waals surface area contributed by atoms with Crippen LogP contribution in [0.2, 0.25) is 0 Å². The number of para-hydroxylation sites is 1. The van der Waals surface area contributed by atoms with Crippen molar-refractivity contribution in [1.29, 1.82) is 0 Å². The lowest BCUT2D eigenvalue weighted by Crippen LogP contribution is -2.62. The lowest BCUT2D eigenvalue weighted by Gasteiger charge is -2.44. The Morgan fingerprint density at radius 1 is 0.787 bits per heavy atom. The Balaban J connectivity index is 1.17. The summed E-state index contributed by atoms with van der Waals surface area (Å²) in [7, 11) is 0. The Hall–Kier alpha value is -4.81. The fourth-order valence-corrected chi connectivity index (χ4v) is 6.82. The third-order valence-electron chi connectivity index (χ3n) is 9.80. The van der Waals surface area contributed by atoms with E-state index in [1.165, 1.54) is 0 Å². The summed E-state index contributed by atoms with van der Waals surface area (Å²) < 4.78 is 0. The van der Waals surface area contributed by atoms with Gasteiger partial charge in [0.1, 0.15) is 11.6 Å². The third-order valence-corrected chi connectivity index (χ3v) is 9.80. The number of hydrogen-bond donors (Lipinski definition) is 5. The number of carbonyl (C=O) groups is 5. The van der Waals surface area contributed by atoms with Crippen LogP contribution in [-0.4, -0.2) is 95.2 Å². The molecule has 0 aromatic heterocycles. The SMILES string of the molecule is CC(C)C(=O)NC1(c2ccccc2)CCN(C(=O)NC(C(=O)O)C(C)NC(=O)N2CCC3(CC2)C(=O)NCN3c2ccccc2)CC1. The molecule has 2 atom stereocenters. The van der Waals surface area contributed by atoms with Gasteiger partial charge in [-0.2, -0.15) is 0 Å². The molecular formula is C34H45N7O6. The van der Waals surface area contributed by atoms with Gasteiger partial charge in [0.05, 0.1) is 18.2 Å². The molecule has 3 heterocycles. The van der Waals surface area contributed by atoms with Gasteiger partial charge in [-0.3, -0.25) is 9.59 Å². The molecule has 252 valence electrons. The maximum Gasteiger partial charge on any atom is 0.328 e. The summed E-state index contributed by atoms with van der Waals surface area (Å²) in [6.45, 7) is 6.82. The second-order valence-electron chi connectivity index (χ2n) is 13.0. The van der Waals surface area contributed by atoms with Crippen molar-refractivity contribution in [2.75, 3.05) is 37.7 Å². The summed E-state index contributed by atoms with van der Waals surface area (Å²) in [5, 5.41) is 21.5. The first-order valence-electron chi connectivity index (χ1n) is 16.3. The molecule has 0 aliphatic carbocycles. The molecule has 47 heavy (non-hydrogen) atoms. The zero-order valence-corrected chi connectivity index (χ0v) is 27.2. The van der Waals surface area contributed by atoms with Gasteiger partial charge in [0.2, 0.25) is 11.8 Å². The maximum absolute atomic E-state index is 13.3. The predicted octanol–water partition coefficient (Wildman–Crippen LogP) is 2.44. The number of carboxylic acids is 1. The molecule has 2 unspecified atom stereocenters. The minimum Gasteiger partial charge on any atom is -0.480 e. The van der Waals surface area contributed by atoms with Gasteiger partial charge < -0.3 is 41.1 Å². The first kappa shape index (κ1) is 33.6. The van der Waals surface area contributed by atoms with Crippen molar-refractivity contribution in [3.63, 3.8) is 0 Å². The topological polar surface area (TPSA) is 163 Å². The molecule has 3 saturated heterocycles. The second kappa shape index (κ2) is 13.9. The van der Waals surface area contributed by atoms with Gasteiger partial charge >= 0.3 is 18.0 Å². The molecule has 6 amide bonds. The van der Waals surface area contributed by atoms with E-state index in [0.29, 0.717) is 58.5 Å². The van der Waals surface area contributed by atoms with Crippen LogP contribution in [-0.2, 0) is 19.9 Å². The van der Waals surface area contributed by atoms with Gasteiger partial charge in [0.25, 0.3) is 0 Å². The number of carbonyl (C=O) groups excluding carboxylic acids is 4. The molecule has 0 saturated carbocycles. The Morgan fingerprint density at radius 3 is 1.87 bits per heavy atom. The van der Waals surface area contributed by atoms with E-state index in [9.17, 15) is 29.1 Å². The number of nitrogens with zero attached hydrogens (tertiary/aromatic N) is 3. The smallest absolute Gasteiger partial charge is 0.328 e. The number of nitrogens with one attached hydrogen (secondary N) is 4. The molecule has 0 radical (unpaired) electrons. The highest BCUT2D eigenvalue weighted by Crippen LogP contribution is 2.36. The van der Waals surface area contributed by atoms with E-state index >= 15 is 0 Å². The van der Waals surface area contributed by atoms with Gasteiger partial charge in [0, 0.05) is 37.8 Å². The van der Waals surface area contributed by atoms with E-state index in [4.69, 9.17) is 0 Å². The van der Waals surface area contributed by atoms with Gasteiger partial charge in [-0.25, -0.2) is 14.4 Å². The molecule has 1 spiro atoms. The van der Waals surface area contributed by atoms with Crippen molar-refractivity contribution in [2.45, 2.75) is 69.6 Å². The Bertz CT molecular complexity index is 1450. The van der Waals surface area contributed by atoms with Crippen molar-refractivity contribution < 1.29 is 29.1 Å². The van der Waals surface area contributed by atoms with Gasteiger partial charge in [-0.05, 0) is 50.3 Å². The molecule has 3 fully saturated rings. The molecule has 0 bridgehead atoms. The Labute approximate surface area is 275 Å². The number of rotatable bonds is 8. The molecule has 3 aliphatic rings. The van der Waals surface area contributed by atoms with Crippen molar-refractivity contribution >= 4 is 35.5 Å². The summed E-state index contributed by atoms with van der Waals surface area (Å²) in [4.78, 5) is 69.7. The lowest BCUT2D eigenvalue weighted by atomic mass is 9.80. The van der Waals surface area contributed by atoms with E-state index < -0.39 is 41.2 Å². The van der Waals surface area contributed by atoms with Crippen molar-refractivity contribution in [2.24, 2.45) is 5.92 Å². The highest BCUT2D eigenvalue weighted by Gasteiger charge is 2.51. The van der Waals surface area contributed by atoms with E-state index in [2.05, 4.69) is 21.3 Å². The largest absolute Gasteiger partial charge is 0.480 e. The third kappa shape index (κ3) is 6.98. The Morgan fingerprint density at radius 2 is 1.32 bits per heavy atom. The van der Waals surface area contributed by atoms with Crippen LogP contribution in [0.15, 0.2) is 60.7 Å². The van der Waals surface area contributed by atoms with Crippen LogP contribution in [0, 0.1) is 5.92 Å². The van der Waals surface area contributed by atoms with Crippen LogP contribution in [0.5, 0.6) is 0 Å². The van der Waals surface area contributed by atoms with Crippen LogP contribution in [0.4, 0.5) is 15.3 Å².